The highest BCUT2D eigenvalue weighted by atomic mass is 19.1. The van der Waals surface area contributed by atoms with E-state index in [0.717, 1.165) is 6.07 Å². The van der Waals surface area contributed by atoms with Gasteiger partial charge in [0.2, 0.25) is 0 Å². The van der Waals surface area contributed by atoms with E-state index in [0.29, 0.717) is 32.5 Å². The van der Waals surface area contributed by atoms with Gasteiger partial charge in [-0.3, -0.25) is 9.59 Å². The molecule has 25 heavy (non-hydrogen) atoms. The lowest BCUT2D eigenvalue weighted by atomic mass is 9.90. The van der Waals surface area contributed by atoms with Crippen LogP contribution < -0.4 is 10.6 Å². The molecule has 1 aliphatic rings. The highest BCUT2D eigenvalue weighted by Gasteiger charge is 2.42. The number of halogens is 1. The Kier molecular flexibility index (Phi) is 5.95. The van der Waals surface area contributed by atoms with Gasteiger partial charge in [0.05, 0.1) is 5.41 Å². The number of hydrogen-bond donors (Lipinski definition) is 3. The first kappa shape index (κ1) is 18.7. The van der Waals surface area contributed by atoms with Gasteiger partial charge in [-0.2, -0.15) is 0 Å². The zero-order valence-corrected chi connectivity index (χ0v) is 14.0. The number of nitrogens with zero attached hydrogens (tertiary/aromatic N) is 1. The van der Waals surface area contributed by atoms with Crippen molar-refractivity contribution in [3.8, 4) is 0 Å². The summed E-state index contributed by atoms with van der Waals surface area (Å²) in [5.41, 5.74) is -0.648. The second-order valence-corrected chi connectivity index (χ2v) is 6.39. The van der Waals surface area contributed by atoms with Crippen molar-refractivity contribution in [3.05, 3.63) is 35.6 Å². The van der Waals surface area contributed by atoms with Gasteiger partial charge in [0, 0.05) is 31.7 Å². The monoisotopic (exact) mass is 351 g/mol. The van der Waals surface area contributed by atoms with Gasteiger partial charge in [0.1, 0.15) is 5.82 Å². The quantitative estimate of drug-likeness (QED) is 0.676. The molecule has 0 aromatic heterocycles. The number of hydrogen-bond acceptors (Lipinski definition) is 3. The summed E-state index contributed by atoms with van der Waals surface area (Å²) in [6.45, 7) is 2.91. The van der Waals surface area contributed by atoms with Crippen LogP contribution in [0.2, 0.25) is 0 Å². The summed E-state index contributed by atoms with van der Waals surface area (Å²) >= 11 is 0. The molecule has 1 heterocycles. The predicted molar refractivity (Wildman–Crippen MR) is 88.7 cm³/mol. The number of carbonyl (C=O) groups excluding carboxylic acids is 2. The average molecular weight is 351 g/mol. The van der Waals surface area contributed by atoms with Gasteiger partial charge in [0.25, 0.3) is 5.91 Å². The number of urea groups is 1. The standard InChI is InChI=1S/C17H22FN3O4/c1-17(15(23)24)6-9-21(11-17)16(25)20-8-3-7-19-14(22)12-4-2-5-13(18)10-12/h2,4-5,10H,3,6-9,11H2,1H3,(H,19,22)(H,20,25)(H,23,24). The van der Waals surface area contributed by atoms with Gasteiger partial charge < -0.3 is 20.6 Å². The summed E-state index contributed by atoms with van der Waals surface area (Å²) in [5, 5.41) is 14.5. The Morgan fingerprint density at radius 2 is 2.00 bits per heavy atom. The largest absolute Gasteiger partial charge is 0.481 e. The van der Waals surface area contributed by atoms with Crippen LogP contribution in [0, 0.1) is 11.2 Å². The first-order chi connectivity index (χ1) is 11.8. The minimum Gasteiger partial charge on any atom is -0.481 e. The summed E-state index contributed by atoms with van der Waals surface area (Å²) in [4.78, 5) is 36.5. The Morgan fingerprint density at radius 1 is 1.28 bits per heavy atom. The SMILES string of the molecule is CC1(C(=O)O)CCN(C(=O)NCCCNC(=O)c2cccc(F)c2)C1. The van der Waals surface area contributed by atoms with Crippen LogP contribution in [-0.4, -0.2) is 54.1 Å². The molecule has 0 radical (unpaired) electrons. The first-order valence-corrected chi connectivity index (χ1v) is 8.12. The van der Waals surface area contributed by atoms with Crippen LogP contribution in [0.3, 0.4) is 0 Å². The van der Waals surface area contributed by atoms with Crippen molar-refractivity contribution >= 4 is 17.9 Å². The molecule has 3 amide bonds. The number of benzene rings is 1. The number of aliphatic carboxylic acids is 1. The van der Waals surface area contributed by atoms with Gasteiger partial charge >= 0.3 is 12.0 Å². The van der Waals surface area contributed by atoms with E-state index in [4.69, 9.17) is 5.11 Å². The lowest BCUT2D eigenvalue weighted by Gasteiger charge is -2.20. The third kappa shape index (κ3) is 4.91. The Balaban J connectivity index is 1.65. The zero-order chi connectivity index (χ0) is 18.4. The number of likely N-dealkylation sites (tertiary alicyclic amines) is 1. The molecule has 1 unspecified atom stereocenters. The van der Waals surface area contributed by atoms with Crippen molar-refractivity contribution in [1.82, 2.24) is 15.5 Å². The molecule has 2 rings (SSSR count). The van der Waals surface area contributed by atoms with Crippen molar-refractivity contribution in [2.24, 2.45) is 5.41 Å². The summed E-state index contributed by atoms with van der Waals surface area (Å²) in [7, 11) is 0. The van der Waals surface area contributed by atoms with Gasteiger partial charge in [-0.1, -0.05) is 6.07 Å². The van der Waals surface area contributed by atoms with Crippen LogP contribution in [0.5, 0.6) is 0 Å². The minimum atomic E-state index is -0.900. The molecule has 1 aromatic carbocycles. The Hall–Kier alpha value is -2.64. The molecule has 1 aromatic rings. The van der Waals surface area contributed by atoms with E-state index in [1.165, 1.54) is 23.1 Å². The van der Waals surface area contributed by atoms with Crippen molar-refractivity contribution in [2.45, 2.75) is 19.8 Å². The topological polar surface area (TPSA) is 98.7 Å². The Morgan fingerprint density at radius 3 is 2.64 bits per heavy atom. The van der Waals surface area contributed by atoms with E-state index in [9.17, 15) is 18.8 Å². The van der Waals surface area contributed by atoms with E-state index in [1.54, 1.807) is 6.92 Å². The molecule has 7 nitrogen and oxygen atoms in total. The van der Waals surface area contributed by atoms with Crippen LogP contribution in [0.4, 0.5) is 9.18 Å². The summed E-state index contributed by atoms with van der Waals surface area (Å²) in [6, 6.07) is 5.10. The Bertz CT molecular complexity index is 667. The highest BCUT2D eigenvalue weighted by Crippen LogP contribution is 2.29. The lowest BCUT2D eigenvalue weighted by molar-refractivity contribution is -0.147. The molecule has 0 aliphatic carbocycles. The van der Waals surface area contributed by atoms with Crippen LogP contribution in [0.15, 0.2) is 24.3 Å². The van der Waals surface area contributed by atoms with Crippen molar-refractivity contribution in [3.63, 3.8) is 0 Å². The number of amides is 3. The maximum absolute atomic E-state index is 13.0. The summed E-state index contributed by atoms with van der Waals surface area (Å²) < 4.78 is 13.0. The second-order valence-electron chi connectivity index (χ2n) is 6.39. The molecule has 0 bridgehead atoms. The number of carboxylic acid groups (broad SMARTS) is 1. The fourth-order valence-electron chi connectivity index (χ4n) is 2.64. The zero-order valence-electron chi connectivity index (χ0n) is 14.0. The van der Waals surface area contributed by atoms with Gasteiger partial charge in [-0.25, -0.2) is 9.18 Å². The number of carbonyl (C=O) groups is 3. The van der Waals surface area contributed by atoms with Crippen molar-refractivity contribution in [2.75, 3.05) is 26.2 Å². The molecule has 136 valence electrons. The molecule has 0 spiro atoms. The van der Waals surface area contributed by atoms with Crippen molar-refractivity contribution < 1.29 is 23.9 Å². The van der Waals surface area contributed by atoms with E-state index in [2.05, 4.69) is 10.6 Å². The lowest BCUT2D eigenvalue weighted by Crippen LogP contribution is -2.41. The molecule has 0 saturated carbocycles. The molecule has 8 heteroatoms. The first-order valence-electron chi connectivity index (χ1n) is 8.12. The molecular weight excluding hydrogens is 329 g/mol. The van der Waals surface area contributed by atoms with Crippen molar-refractivity contribution in [1.29, 1.82) is 0 Å². The van der Waals surface area contributed by atoms with E-state index >= 15 is 0 Å². The van der Waals surface area contributed by atoms with Crippen LogP contribution in [0.1, 0.15) is 30.1 Å². The van der Waals surface area contributed by atoms with E-state index in [-0.39, 0.29) is 24.0 Å². The third-order valence-corrected chi connectivity index (χ3v) is 4.28. The third-order valence-electron chi connectivity index (χ3n) is 4.28. The highest BCUT2D eigenvalue weighted by molar-refractivity contribution is 5.94. The summed E-state index contributed by atoms with van der Waals surface area (Å²) in [5.74, 6) is -1.75. The van der Waals surface area contributed by atoms with E-state index < -0.39 is 17.2 Å². The molecular formula is C17H22FN3O4. The average Bonchev–Trinajstić information content (AvgIpc) is 2.98. The maximum atomic E-state index is 13.0. The number of rotatable bonds is 6. The minimum absolute atomic E-state index is 0.185. The Labute approximate surface area is 145 Å². The van der Waals surface area contributed by atoms with Gasteiger partial charge in [-0.05, 0) is 38.0 Å². The number of nitrogens with one attached hydrogen (secondary N) is 2. The molecule has 1 saturated heterocycles. The smallest absolute Gasteiger partial charge is 0.317 e. The second kappa shape index (κ2) is 7.96. The molecule has 1 fully saturated rings. The fourth-order valence-corrected chi connectivity index (χ4v) is 2.64. The molecule has 1 atom stereocenters. The van der Waals surface area contributed by atoms with Crippen LogP contribution >= 0.6 is 0 Å². The van der Waals surface area contributed by atoms with Gasteiger partial charge in [0.15, 0.2) is 0 Å². The normalized spacial score (nSPS) is 19.5. The molecule has 1 aliphatic heterocycles. The van der Waals surface area contributed by atoms with E-state index in [1.807, 2.05) is 0 Å². The van der Waals surface area contributed by atoms with Gasteiger partial charge in [-0.15, -0.1) is 0 Å². The number of carboxylic acids is 1. The maximum Gasteiger partial charge on any atom is 0.317 e. The van der Waals surface area contributed by atoms with Crippen LogP contribution in [-0.2, 0) is 4.79 Å². The summed E-state index contributed by atoms with van der Waals surface area (Å²) in [6.07, 6.45) is 0.941. The predicted octanol–water partition coefficient (Wildman–Crippen LogP) is 1.45. The molecule has 3 N–H and O–H groups in total. The fraction of sp³-hybridized carbons (Fsp3) is 0.471. The van der Waals surface area contributed by atoms with Crippen LogP contribution in [0.25, 0.3) is 0 Å².